The second kappa shape index (κ2) is 3.47. The maximum absolute atomic E-state index is 11.1. The summed E-state index contributed by atoms with van der Waals surface area (Å²) in [5.74, 6) is -0.383. The van der Waals surface area contributed by atoms with Crippen LogP contribution in [0.5, 0.6) is 0 Å². The summed E-state index contributed by atoms with van der Waals surface area (Å²) in [6, 6.07) is -1.02. The molecule has 0 saturated carbocycles. The summed E-state index contributed by atoms with van der Waals surface area (Å²) in [5, 5.41) is 0. The Labute approximate surface area is 71.3 Å². The average molecular weight is 170 g/mol. The molecule has 66 valence electrons. The average Bonchev–Trinajstić information content (AvgIpc) is 2.50. The van der Waals surface area contributed by atoms with E-state index < -0.39 is 12.1 Å². The van der Waals surface area contributed by atoms with E-state index in [0.29, 0.717) is 13.0 Å². The van der Waals surface area contributed by atoms with Crippen LogP contribution in [0.4, 0.5) is 4.79 Å². The van der Waals surface area contributed by atoms with E-state index in [1.807, 2.05) is 0 Å². The van der Waals surface area contributed by atoms with Crippen molar-refractivity contribution in [3.05, 3.63) is 0 Å². The number of carbonyl (C=O) groups excluding carboxylic acids is 2. The van der Waals surface area contributed by atoms with Crippen molar-refractivity contribution in [3.63, 3.8) is 0 Å². The predicted octanol–water partition coefficient (Wildman–Crippen LogP) is -1.38. The molecule has 2 N–H and O–H groups in total. The molecule has 1 saturated heterocycles. The lowest BCUT2D eigenvalue weighted by Crippen LogP contribution is -2.44. The van der Waals surface area contributed by atoms with Gasteiger partial charge in [0, 0.05) is 6.54 Å². The topological polar surface area (TPSA) is 72.6 Å². The van der Waals surface area contributed by atoms with Crippen molar-refractivity contribution in [3.8, 4) is 0 Å². The fourth-order valence-electron chi connectivity index (χ4n) is 1.41. The molecular formula is C6H11BN2O3. The van der Waals surface area contributed by atoms with Gasteiger partial charge in [0.05, 0.1) is 0 Å². The monoisotopic (exact) mass is 170 g/mol. The van der Waals surface area contributed by atoms with Gasteiger partial charge in [-0.05, 0) is 12.8 Å². The van der Waals surface area contributed by atoms with Crippen LogP contribution >= 0.6 is 0 Å². The first kappa shape index (κ1) is 8.90. The quantitative estimate of drug-likeness (QED) is 0.493. The molecule has 5 nitrogen and oxygen atoms in total. The standard InChI is InChI=1S/C6H11BN2O3/c7-12-5(10)4-2-1-3-9(4)6(8)11/h4H,1-3,7H2,(H2,8,11). The highest BCUT2D eigenvalue weighted by Gasteiger charge is 2.33. The smallest absolute Gasteiger partial charge is 0.326 e. The molecule has 1 aliphatic rings. The van der Waals surface area contributed by atoms with Crippen molar-refractivity contribution in [1.82, 2.24) is 4.90 Å². The first-order valence-electron chi connectivity index (χ1n) is 3.80. The number of nitrogens with two attached hydrogens (primary N) is 1. The van der Waals surface area contributed by atoms with Gasteiger partial charge in [-0.3, -0.25) is 4.79 Å². The summed E-state index contributed by atoms with van der Waals surface area (Å²) in [6.45, 7) is 0.551. The lowest BCUT2D eigenvalue weighted by atomic mass is 10.2. The number of hydrogen-bond acceptors (Lipinski definition) is 3. The second-order valence-corrected chi connectivity index (χ2v) is 2.71. The summed E-state index contributed by atoms with van der Waals surface area (Å²) >= 11 is 0. The van der Waals surface area contributed by atoms with Gasteiger partial charge < -0.3 is 15.3 Å². The molecule has 1 heterocycles. The van der Waals surface area contributed by atoms with Gasteiger partial charge in [-0.2, -0.15) is 0 Å². The fraction of sp³-hybridized carbons (Fsp3) is 0.667. The van der Waals surface area contributed by atoms with Crippen LogP contribution in [-0.4, -0.2) is 37.5 Å². The summed E-state index contributed by atoms with van der Waals surface area (Å²) in [5.41, 5.74) is 5.06. The van der Waals surface area contributed by atoms with Gasteiger partial charge in [-0.15, -0.1) is 0 Å². The number of amides is 2. The zero-order valence-electron chi connectivity index (χ0n) is 6.95. The second-order valence-electron chi connectivity index (χ2n) is 2.71. The molecule has 0 spiro atoms. The highest BCUT2D eigenvalue weighted by molar-refractivity contribution is 6.06. The van der Waals surface area contributed by atoms with Gasteiger partial charge in [-0.1, -0.05) is 0 Å². The van der Waals surface area contributed by atoms with Crippen molar-refractivity contribution in [2.45, 2.75) is 18.9 Å². The number of primary amides is 1. The third kappa shape index (κ3) is 1.52. The molecule has 12 heavy (non-hydrogen) atoms. The maximum Gasteiger partial charge on any atom is 0.326 e. The van der Waals surface area contributed by atoms with Crippen LogP contribution in [0.2, 0.25) is 0 Å². The zero-order valence-corrected chi connectivity index (χ0v) is 6.95. The Bertz CT molecular complexity index is 209. The van der Waals surface area contributed by atoms with Crippen LogP contribution in [0, 0.1) is 0 Å². The van der Waals surface area contributed by atoms with E-state index in [1.165, 1.54) is 12.9 Å². The molecular weight excluding hydrogens is 159 g/mol. The normalized spacial score (nSPS) is 22.3. The molecule has 0 aromatic carbocycles. The molecule has 0 bridgehead atoms. The number of hydrogen-bond donors (Lipinski definition) is 1. The molecule has 0 aromatic rings. The van der Waals surface area contributed by atoms with Crippen LogP contribution in [0.1, 0.15) is 12.8 Å². The van der Waals surface area contributed by atoms with Crippen LogP contribution in [0.15, 0.2) is 0 Å². The number of urea groups is 1. The fourth-order valence-corrected chi connectivity index (χ4v) is 1.41. The first-order valence-corrected chi connectivity index (χ1v) is 3.80. The van der Waals surface area contributed by atoms with E-state index in [2.05, 4.69) is 4.65 Å². The van der Waals surface area contributed by atoms with Crippen molar-refractivity contribution in [1.29, 1.82) is 0 Å². The SMILES string of the molecule is BOC(=O)C1CCCN1C(N)=O. The highest BCUT2D eigenvalue weighted by atomic mass is 16.5. The van der Waals surface area contributed by atoms with Gasteiger partial charge in [0.25, 0.3) is 0 Å². The molecule has 1 fully saturated rings. The van der Waals surface area contributed by atoms with E-state index in [4.69, 9.17) is 5.73 Å². The highest BCUT2D eigenvalue weighted by Crippen LogP contribution is 2.17. The largest absolute Gasteiger partial charge is 0.542 e. The Hall–Kier alpha value is -1.20. The molecule has 6 heteroatoms. The summed E-state index contributed by atoms with van der Waals surface area (Å²) in [7, 11) is 1.31. The van der Waals surface area contributed by atoms with Crippen molar-refractivity contribution >= 4 is 20.0 Å². The number of rotatable bonds is 1. The Morgan fingerprint density at radius 2 is 2.25 bits per heavy atom. The summed E-state index contributed by atoms with van der Waals surface area (Å²) in [6.07, 6.45) is 1.46. The molecule has 1 aliphatic heterocycles. The zero-order chi connectivity index (χ0) is 9.14. The molecule has 1 rings (SSSR count). The molecule has 0 radical (unpaired) electrons. The number of nitrogens with zero attached hydrogens (tertiary/aromatic N) is 1. The van der Waals surface area contributed by atoms with Gasteiger partial charge in [0.15, 0.2) is 0 Å². The summed E-state index contributed by atoms with van der Waals surface area (Å²) < 4.78 is 4.53. The minimum Gasteiger partial charge on any atom is -0.542 e. The van der Waals surface area contributed by atoms with E-state index >= 15 is 0 Å². The maximum atomic E-state index is 11.1. The third-order valence-corrected chi connectivity index (χ3v) is 2.01. The molecule has 0 aliphatic carbocycles. The van der Waals surface area contributed by atoms with E-state index in [1.54, 1.807) is 0 Å². The van der Waals surface area contributed by atoms with Gasteiger partial charge >= 0.3 is 20.0 Å². The summed E-state index contributed by atoms with van der Waals surface area (Å²) in [4.78, 5) is 23.2. The minimum absolute atomic E-state index is 0.383. The number of likely N-dealkylation sites (tertiary alicyclic amines) is 1. The van der Waals surface area contributed by atoms with E-state index in [9.17, 15) is 9.59 Å². The van der Waals surface area contributed by atoms with E-state index in [0.717, 1.165) is 6.42 Å². The lowest BCUT2D eigenvalue weighted by Gasteiger charge is -2.20. The lowest BCUT2D eigenvalue weighted by molar-refractivity contribution is -0.138. The van der Waals surface area contributed by atoms with Crippen LogP contribution in [0.3, 0.4) is 0 Å². The Morgan fingerprint density at radius 3 is 2.75 bits per heavy atom. The molecule has 2 amide bonds. The van der Waals surface area contributed by atoms with Crippen LogP contribution < -0.4 is 5.73 Å². The van der Waals surface area contributed by atoms with Crippen molar-refractivity contribution < 1.29 is 14.2 Å². The first-order chi connectivity index (χ1) is 5.66. The van der Waals surface area contributed by atoms with Gasteiger partial charge in [0.2, 0.25) is 0 Å². The predicted molar refractivity (Wildman–Crippen MR) is 43.9 cm³/mol. The molecule has 1 atom stereocenters. The molecule has 0 aromatic heterocycles. The van der Waals surface area contributed by atoms with Gasteiger partial charge in [0.1, 0.15) is 6.04 Å². The third-order valence-electron chi connectivity index (χ3n) is 2.01. The van der Waals surface area contributed by atoms with E-state index in [-0.39, 0.29) is 5.97 Å². The van der Waals surface area contributed by atoms with Gasteiger partial charge in [-0.25, -0.2) is 4.79 Å². The Kier molecular flexibility index (Phi) is 2.57. The Morgan fingerprint density at radius 1 is 1.58 bits per heavy atom. The van der Waals surface area contributed by atoms with Crippen molar-refractivity contribution in [2.75, 3.05) is 6.54 Å². The molecule has 1 unspecified atom stereocenters. The number of carbonyl (C=O) groups is 2. The van der Waals surface area contributed by atoms with Crippen molar-refractivity contribution in [2.24, 2.45) is 5.73 Å². The Balaban J connectivity index is 2.63. The van der Waals surface area contributed by atoms with Crippen LogP contribution in [-0.2, 0) is 9.45 Å². The van der Waals surface area contributed by atoms with Crippen LogP contribution in [0.25, 0.3) is 0 Å². The minimum atomic E-state index is -0.553.